The number of rotatable bonds is 4. The van der Waals surface area contributed by atoms with E-state index in [2.05, 4.69) is 4.98 Å². The lowest BCUT2D eigenvalue weighted by atomic mass is 10.2. The Labute approximate surface area is 133 Å². The molecule has 3 rings (SSSR count). The molecule has 0 aliphatic rings. The van der Waals surface area contributed by atoms with Crippen molar-refractivity contribution in [3.63, 3.8) is 0 Å². The standard InChI is InChI=1S/C18H16N2OS/c1-20(13-14-8-4-2-5-9-14)18(21)17-19-12-16(22-17)15-10-6-3-7-11-15/h2-12H,13H2,1H3. The van der Waals surface area contributed by atoms with Gasteiger partial charge in [0.05, 0.1) is 4.88 Å². The Morgan fingerprint density at radius 2 is 1.68 bits per heavy atom. The van der Waals surface area contributed by atoms with Crippen molar-refractivity contribution < 1.29 is 4.79 Å². The Bertz CT molecular complexity index is 753. The number of carbonyl (C=O) groups excluding carboxylic acids is 1. The number of hydrogen-bond donors (Lipinski definition) is 0. The fourth-order valence-electron chi connectivity index (χ4n) is 2.20. The highest BCUT2D eigenvalue weighted by Gasteiger charge is 2.16. The molecular formula is C18H16N2OS. The topological polar surface area (TPSA) is 33.2 Å². The molecule has 4 heteroatoms. The molecule has 0 fully saturated rings. The number of benzene rings is 2. The SMILES string of the molecule is CN(Cc1ccccc1)C(=O)c1ncc(-c2ccccc2)s1. The number of hydrogen-bond acceptors (Lipinski definition) is 3. The van der Waals surface area contributed by atoms with Gasteiger partial charge in [0.15, 0.2) is 5.01 Å². The van der Waals surface area contributed by atoms with Gasteiger partial charge in [-0.05, 0) is 11.1 Å². The van der Waals surface area contributed by atoms with Crippen molar-refractivity contribution >= 4 is 17.2 Å². The van der Waals surface area contributed by atoms with Crippen LogP contribution in [0.5, 0.6) is 0 Å². The molecule has 0 atom stereocenters. The van der Waals surface area contributed by atoms with Crippen LogP contribution in [0, 0.1) is 0 Å². The van der Waals surface area contributed by atoms with Crippen molar-refractivity contribution in [2.75, 3.05) is 7.05 Å². The van der Waals surface area contributed by atoms with Crippen molar-refractivity contribution in [3.8, 4) is 10.4 Å². The minimum atomic E-state index is -0.0453. The van der Waals surface area contributed by atoms with Gasteiger partial charge in [0.2, 0.25) is 0 Å². The first kappa shape index (κ1) is 14.5. The lowest BCUT2D eigenvalue weighted by Gasteiger charge is -2.15. The molecule has 22 heavy (non-hydrogen) atoms. The van der Waals surface area contributed by atoms with Gasteiger partial charge in [-0.1, -0.05) is 60.7 Å². The summed E-state index contributed by atoms with van der Waals surface area (Å²) in [4.78, 5) is 19.5. The summed E-state index contributed by atoms with van der Waals surface area (Å²) in [7, 11) is 1.80. The predicted octanol–water partition coefficient (Wildman–Crippen LogP) is 4.08. The van der Waals surface area contributed by atoms with Crippen molar-refractivity contribution in [1.82, 2.24) is 9.88 Å². The zero-order valence-electron chi connectivity index (χ0n) is 12.3. The third-order valence-electron chi connectivity index (χ3n) is 3.36. The maximum Gasteiger partial charge on any atom is 0.282 e. The Kier molecular flexibility index (Phi) is 4.30. The molecule has 1 aromatic heterocycles. The van der Waals surface area contributed by atoms with Gasteiger partial charge in [0.1, 0.15) is 0 Å². The van der Waals surface area contributed by atoms with E-state index in [1.807, 2.05) is 60.7 Å². The zero-order valence-corrected chi connectivity index (χ0v) is 13.1. The van der Waals surface area contributed by atoms with Crippen LogP contribution in [0.15, 0.2) is 66.9 Å². The summed E-state index contributed by atoms with van der Waals surface area (Å²) in [5, 5.41) is 0.525. The molecule has 3 aromatic rings. The quantitative estimate of drug-likeness (QED) is 0.727. The summed E-state index contributed by atoms with van der Waals surface area (Å²) >= 11 is 1.43. The molecule has 0 aliphatic heterocycles. The molecule has 110 valence electrons. The highest BCUT2D eigenvalue weighted by Crippen LogP contribution is 2.26. The van der Waals surface area contributed by atoms with E-state index in [1.54, 1.807) is 18.1 Å². The molecule has 0 saturated heterocycles. The van der Waals surface area contributed by atoms with E-state index in [1.165, 1.54) is 11.3 Å². The maximum atomic E-state index is 12.5. The summed E-state index contributed by atoms with van der Waals surface area (Å²) in [5.41, 5.74) is 2.20. The normalized spacial score (nSPS) is 10.4. The molecule has 2 aromatic carbocycles. The molecule has 0 spiro atoms. The van der Waals surface area contributed by atoms with E-state index < -0.39 is 0 Å². The fraction of sp³-hybridized carbons (Fsp3) is 0.111. The van der Waals surface area contributed by atoms with E-state index in [-0.39, 0.29) is 5.91 Å². The van der Waals surface area contributed by atoms with Crippen LogP contribution in [0.3, 0.4) is 0 Å². The number of nitrogens with zero attached hydrogens (tertiary/aromatic N) is 2. The number of thiazole rings is 1. The highest BCUT2D eigenvalue weighted by atomic mass is 32.1. The smallest absolute Gasteiger partial charge is 0.282 e. The van der Waals surface area contributed by atoms with E-state index in [9.17, 15) is 4.79 Å². The average Bonchev–Trinajstić information content (AvgIpc) is 3.06. The molecule has 0 saturated carbocycles. The first-order chi connectivity index (χ1) is 10.7. The lowest BCUT2D eigenvalue weighted by molar-refractivity contribution is 0.0784. The molecule has 0 radical (unpaired) electrons. The second-order valence-electron chi connectivity index (χ2n) is 5.04. The van der Waals surface area contributed by atoms with Crippen molar-refractivity contribution in [2.45, 2.75) is 6.54 Å². The van der Waals surface area contributed by atoms with Gasteiger partial charge < -0.3 is 4.90 Å². The van der Waals surface area contributed by atoms with Gasteiger partial charge in [-0.2, -0.15) is 0 Å². The molecule has 0 N–H and O–H groups in total. The third-order valence-corrected chi connectivity index (χ3v) is 4.39. The first-order valence-corrected chi connectivity index (χ1v) is 7.86. The van der Waals surface area contributed by atoms with Crippen molar-refractivity contribution in [1.29, 1.82) is 0 Å². The Balaban J connectivity index is 1.74. The second kappa shape index (κ2) is 6.54. The Morgan fingerprint density at radius 1 is 1.05 bits per heavy atom. The number of aromatic nitrogens is 1. The van der Waals surface area contributed by atoms with Gasteiger partial charge in [-0.15, -0.1) is 11.3 Å². The monoisotopic (exact) mass is 308 g/mol. The second-order valence-corrected chi connectivity index (χ2v) is 6.07. The number of carbonyl (C=O) groups is 1. The average molecular weight is 308 g/mol. The molecule has 0 aliphatic carbocycles. The first-order valence-electron chi connectivity index (χ1n) is 7.04. The third kappa shape index (κ3) is 3.23. The Hall–Kier alpha value is -2.46. The van der Waals surface area contributed by atoms with Gasteiger partial charge in [-0.25, -0.2) is 4.98 Å². The summed E-state index contributed by atoms with van der Waals surface area (Å²) in [5.74, 6) is -0.0453. The van der Waals surface area contributed by atoms with E-state index in [0.29, 0.717) is 11.6 Å². The predicted molar refractivity (Wildman–Crippen MR) is 89.8 cm³/mol. The van der Waals surface area contributed by atoms with Crippen LogP contribution in [0.2, 0.25) is 0 Å². The zero-order chi connectivity index (χ0) is 15.4. The van der Waals surface area contributed by atoms with Crippen molar-refractivity contribution in [2.24, 2.45) is 0 Å². The molecule has 0 bridgehead atoms. The van der Waals surface area contributed by atoms with E-state index >= 15 is 0 Å². The highest BCUT2D eigenvalue weighted by molar-refractivity contribution is 7.16. The molecule has 1 heterocycles. The van der Waals surface area contributed by atoms with Crippen LogP contribution in [0.1, 0.15) is 15.4 Å². The lowest BCUT2D eigenvalue weighted by Crippen LogP contribution is -2.25. The van der Waals surface area contributed by atoms with Crippen LogP contribution in [0.4, 0.5) is 0 Å². The van der Waals surface area contributed by atoms with Crippen LogP contribution in [0.25, 0.3) is 10.4 Å². The van der Waals surface area contributed by atoms with E-state index in [4.69, 9.17) is 0 Å². The van der Waals surface area contributed by atoms with Crippen LogP contribution < -0.4 is 0 Å². The Morgan fingerprint density at radius 3 is 2.36 bits per heavy atom. The number of amides is 1. The van der Waals surface area contributed by atoms with Gasteiger partial charge in [0, 0.05) is 19.8 Å². The van der Waals surface area contributed by atoms with E-state index in [0.717, 1.165) is 16.0 Å². The largest absolute Gasteiger partial charge is 0.335 e. The van der Waals surface area contributed by atoms with Gasteiger partial charge in [0.25, 0.3) is 5.91 Å². The van der Waals surface area contributed by atoms with Crippen LogP contribution >= 0.6 is 11.3 Å². The van der Waals surface area contributed by atoms with Crippen LogP contribution in [-0.4, -0.2) is 22.8 Å². The molecular weight excluding hydrogens is 292 g/mol. The van der Waals surface area contributed by atoms with Gasteiger partial charge >= 0.3 is 0 Å². The van der Waals surface area contributed by atoms with Crippen LogP contribution in [-0.2, 0) is 6.54 Å². The minimum Gasteiger partial charge on any atom is -0.335 e. The fourth-order valence-corrected chi connectivity index (χ4v) is 3.12. The maximum absolute atomic E-state index is 12.5. The molecule has 1 amide bonds. The molecule has 0 unspecified atom stereocenters. The van der Waals surface area contributed by atoms with Crippen molar-refractivity contribution in [3.05, 3.63) is 77.4 Å². The van der Waals surface area contributed by atoms with Gasteiger partial charge in [-0.3, -0.25) is 4.79 Å². The summed E-state index contributed by atoms with van der Waals surface area (Å²) < 4.78 is 0. The summed E-state index contributed by atoms with van der Waals surface area (Å²) in [6.07, 6.45) is 1.77. The summed E-state index contributed by atoms with van der Waals surface area (Å²) in [6, 6.07) is 19.9. The summed E-state index contributed by atoms with van der Waals surface area (Å²) in [6.45, 7) is 0.583. The minimum absolute atomic E-state index is 0.0453. The molecule has 3 nitrogen and oxygen atoms in total.